The zero-order valence-corrected chi connectivity index (χ0v) is 12.4. The number of rotatable bonds is 4. The van der Waals surface area contributed by atoms with Crippen molar-refractivity contribution in [1.82, 2.24) is 4.90 Å². The molecule has 2 rings (SSSR count). The van der Waals surface area contributed by atoms with Crippen molar-refractivity contribution >= 4 is 11.9 Å². The van der Waals surface area contributed by atoms with Gasteiger partial charge in [-0.2, -0.15) is 0 Å². The number of amides is 1. The van der Waals surface area contributed by atoms with Gasteiger partial charge in [0.15, 0.2) is 0 Å². The highest BCUT2D eigenvalue weighted by Gasteiger charge is 2.45. The number of halogens is 2. The summed E-state index contributed by atoms with van der Waals surface area (Å²) in [6.45, 7) is 0. The first-order valence-electron chi connectivity index (χ1n) is 7.31. The summed E-state index contributed by atoms with van der Waals surface area (Å²) < 4.78 is 26.8. The second-order valence-corrected chi connectivity index (χ2v) is 5.76. The highest BCUT2D eigenvalue weighted by molar-refractivity contribution is 5.88. The minimum atomic E-state index is -1.24. The molecule has 4 nitrogen and oxygen atoms in total. The lowest BCUT2D eigenvalue weighted by atomic mass is 9.80. The van der Waals surface area contributed by atoms with Crippen LogP contribution in [0, 0.1) is 11.6 Å². The number of aliphatic carboxylic acids is 1. The number of hydrogen-bond donors (Lipinski definition) is 1. The van der Waals surface area contributed by atoms with Crippen molar-refractivity contribution in [3.8, 4) is 0 Å². The Kier molecular flexibility index (Phi) is 4.78. The van der Waals surface area contributed by atoms with E-state index in [4.69, 9.17) is 0 Å². The molecule has 120 valence electrons. The van der Waals surface area contributed by atoms with Crippen LogP contribution in [0.15, 0.2) is 18.2 Å². The lowest BCUT2D eigenvalue weighted by Crippen LogP contribution is -2.56. The van der Waals surface area contributed by atoms with Crippen LogP contribution in [0.3, 0.4) is 0 Å². The number of nitrogens with zero attached hydrogens (tertiary/aromatic N) is 1. The normalized spacial score (nSPS) is 17.0. The van der Waals surface area contributed by atoms with Gasteiger partial charge in [-0.05, 0) is 31.0 Å². The average molecular weight is 311 g/mol. The Labute approximate surface area is 127 Å². The topological polar surface area (TPSA) is 57.6 Å². The number of carboxylic acids is 1. The van der Waals surface area contributed by atoms with Crippen molar-refractivity contribution in [2.24, 2.45) is 0 Å². The fourth-order valence-corrected chi connectivity index (χ4v) is 3.03. The first-order valence-corrected chi connectivity index (χ1v) is 7.31. The van der Waals surface area contributed by atoms with E-state index in [1.165, 1.54) is 11.9 Å². The van der Waals surface area contributed by atoms with E-state index in [0.29, 0.717) is 12.8 Å². The molecule has 1 aromatic rings. The van der Waals surface area contributed by atoms with Crippen LogP contribution in [-0.2, 0) is 16.0 Å². The minimum absolute atomic E-state index is 0.0619. The van der Waals surface area contributed by atoms with E-state index in [9.17, 15) is 23.5 Å². The smallest absolute Gasteiger partial charge is 0.329 e. The van der Waals surface area contributed by atoms with Crippen LogP contribution >= 0.6 is 0 Å². The summed E-state index contributed by atoms with van der Waals surface area (Å²) in [5.74, 6) is -2.86. The number of benzene rings is 1. The molecule has 0 aliphatic heterocycles. The molecule has 1 aromatic carbocycles. The first-order chi connectivity index (χ1) is 10.4. The number of carbonyl (C=O) groups excluding carboxylic acids is 1. The van der Waals surface area contributed by atoms with Gasteiger partial charge in [0.25, 0.3) is 0 Å². The predicted octanol–water partition coefficient (Wildman–Crippen LogP) is 2.75. The molecular weight excluding hydrogens is 292 g/mol. The Balaban J connectivity index is 2.20. The third-order valence-corrected chi connectivity index (χ3v) is 4.44. The van der Waals surface area contributed by atoms with Crippen LogP contribution in [0.4, 0.5) is 8.78 Å². The highest BCUT2D eigenvalue weighted by Crippen LogP contribution is 2.33. The molecule has 0 bridgehead atoms. The largest absolute Gasteiger partial charge is 0.479 e. The SMILES string of the molecule is CN(C(=O)Cc1cc(F)ccc1F)C1(C(=O)O)CCCCC1. The molecule has 0 aromatic heterocycles. The van der Waals surface area contributed by atoms with Crippen molar-refractivity contribution in [3.63, 3.8) is 0 Å². The zero-order chi connectivity index (χ0) is 16.3. The number of carboxylic acid groups (broad SMARTS) is 1. The minimum Gasteiger partial charge on any atom is -0.479 e. The van der Waals surface area contributed by atoms with E-state index in [1.54, 1.807) is 0 Å². The number of likely N-dealkylation sites (N-methyl/N-ethyl adjacent to an activating group) is 1. The fraction of sp³-hybridized carbons (Fsp3) is 0.500. The van der Waals surface area contributed by atoms with E-state index in [-0.39, 0.29) is 12.0 Å². The Morgan fingerprint density at radius 3 is 2.45 bits per heavy atom. The monoisotopic (exact) mass is 311 g/mol. The van der Waals surface area contributed by atoms with Gasteiger partial charge >= 0.3 is 5.97 Å². The maximum absolute atomic E-state index is 13.6. The van der Waals surface area contributed by atoms with Crippen LogP contribution < -0.4 is 0 Å². The van der Waals surface area contributed by atoms with Gasteiger partial charge in [0.2, 0.25) is 5.91 Å². The maximum atomic E-state index is 13.6. The molecule has 1 aliphatic rings. The van der Waals surface area contributed by atoms with E-state index in [2.05, 4.69) is 0 Å². The van der Waals surface area contributed by atoms with Crippen molar-refractivity contribution < 1.29 is 23.5 Å². The Bertz CT molecular complexity index is 583. The van der Waals surface area contributed by atoms with Gasteiger partial charge in [0.05, 0.1) is 6.42 Å². The van der Waals surface area contributed by atoms with Gasteiger partial charge in [-0.25, -0.2) is 13.6 Å². The molecule has 0 spiro atoms. The molecule has 1 aliphatic carbocycles. The highest BCUT2D eigenvalue weighted by atomic mass is 19.1. The third-order valence-electron chi connectivity index (χ3n) is 4.44. The summed E-state index contributed by atoms with van der Waals surface area (Å²) in [4.78, 5) is 25.2. The Morgan fingerprint density at radius 2 is 1.86 bits per heavy atom. The van der Waals surface area contributed by atoms with Gasteiger partial charge in [0.1, 0.15) is 17.2 Å². The summed E-state index contributed by atoms with van der Waals surface area (Å²) in [5, 5.41) is 9.54. The second kappa shape index (κ2) is 6.42. The van der Waals surface area contributed by atoms with Crippen LogP contribution in [0.2, 0.25) is 0 Å². The van der Waals surface area contributed by atoms with Gasteiger partial charge in [0, 0.05) is 12.6 Å². The maximum Gasteiger partial charge on any atom is 0.329 e. The van der Waals surface area contributed by atoms with Crippen molar-refractivity contribution in [2.45, 2.75) is 44.1 Å². The molecule has 1 saturated carbocycles. The van der Waals surface area contributed by atoms with E-state index >= 15 is 0 Å². The van der Waals surface area contributed by atoms with Crippen LogP contribution in [0.5, 0.6) is 0 Å². The predicted molar refractivity (Wildman–Crippen MR) is 76.3 cm³/mol. The second-order valence-electron chi connectivity index (χ2n) is 5.76. The molecule has 0 saturated heterocycles. The van der Waals surface area contributed by atoms with Crippen molar-refractivity contribution in [2.75, 3.05) is 7.05 Å². The van der Waals surface area contributed by atoms with Gasteiger partial charge in [-0.15, -0.1) is 0 Å². The molecule has 22 heavy (non-hydrogen) atoms. The van der Waals surface area contributed by atoms with Crippen LogP contribution in [0.25, 0.3) is 0 Å². The van der Waals surface area contributed by atoms with Gasteiger partial charge in [-0.3, -0.25) is 4.79 Å². The molecule has 6 heteroatoms. The summed E-state index contributed by atoms with van der Waals surface area (Å²) in [6.07, 6.45) is 2.83. The molecule has 1 amide bonds. The van der Waals surface area contributed by atoms with Crippen LogP contribution in [-0.4, -0.2) is 34.5 Å². The molecule has 1 N–H and O–H groups in total. The molecule has 0 radical (unpaired) electrons. The molecule has 0 atom stereocenters. The van der Waals surface area contributed by atoms with Gasteiger partial charge in [-0.1, -0.05) is 19.3 Å². The summed E-state index contributed by atoms with van der Waals surface area (Å²) in [7, 11) is 1.43. The van der Waals surface area contributed by atoms with E-state index < -0.39 is 29.0 Å². The standard InChI is InChI=1S/C16H19F2NO3/c1-19(16(15(21)22)7-3-2-4-8-16)14(20)10-11-9-12(17)5-6-13(11)18/h5-6,9H,2-4,7-8,10H2,1H3,(H,21,22). The summed E-state index contributed by atoms with van der Waals surface area (Å²) in [5.41, 5.74) is -1.30. The molecule has 1 fully saturated rings. The Hall–Kier alpha value is -1.98. The van der Waals surface area contributed by atoms with Gasteiger partial charge < -0.3 is 10.0 Å². The Morgan fingerprint density at radius 1 is 1.23 bits per heavy atom. The number of hydrogen-bond acceptors (Lipinski definition) is 2. The van der Waals surface area contributed by atoms with Crippen LogP contribution in [0.1, 0.15) is 37.7 Å². The van der Waals surface area contributed by atoms with E-state index in [1.807, 2.05) is 0 Å². The first kappa shape index (κ1) is 16.4. The lowest BCUT2D eigenvalue weighted by Gasteiger charge is -2.41. The summed E-state index contributed by atoms with van der Waals surface area (Å²) >= 11 is 0. The fourth-order valence-electron chi connectivity index (χ4n) is 3.03. The third kappa shape index (κ3) is 3.10. The lowest BCUT2D eigenvalue weighted by molar-refractivity contribution is -0.160. The quantitative estimate of drug-likeness (QED) is 0.930. The molecular formula is C16H19F2NO3. The zero-order valence-electron chi connectivity index (χ0n) is 12.4. The average Bonchev–Trinajstić information content (AvgIpc) is 2.50. The molecule has 0 unspecified atom stereocenters. The molecule has 0 heterocycles. The van der Waals surface area contributed by atoms with Crippen molar-refractivity contribution in [1.29, 1.82) is 0 Å². The van der Waals surface area contributed by atoms with E-state index in [0.717, 1.165) is 37.5 Å². The van der Waals surface area contributed by atoms with Crippen molar-refractivity contribution in [3.05, 3.63) is 35.4 Å². The number of carbonyl (C=O) groups is 2. The summed E-state index contributed by atoms with van der Waals surface area (Å²) in [6, 6.07) is 2.91.